The lowest BCUT2D eigenvalue weighted by molar-refractivity contribution is 0.102. The van der Waals surface area contributed by atoms with Crippen LogP contribution >= 0.6 is 11.6 Å². The number of amides is 1. The van der Waals surface area contributed by atoms with Gasteiger partial charge in [-0.25, -0.2) is 4.68 Å². The highest BCUT2D eigenvalue weighted by Gasteiger charge is 2.22. The molecule has 1 heterocycles. The van der Waals surface area contributed by atoms with Gasteiger partial charge in [0.05, 0.1) is 16.4 Å². The Morgan fingerprint density at radius 1 is 0.852 bits per heavy atom. The number of nitrogens with one attached hydrogen (secondary N) is 1. The molecule has 4 rings (SSSR count). The molecule has 0 aliphatic carbocycles. The van der Waals surface area contributed by atoms with E-state index in [4.69, 9.17) is 11.6 Å². The lowest BCUT2D eigenvalue weighted by Crippen LogP contribution is -2.14. The normalized spacial score (nSPS) is 10.6. The van der Waals surface area contributed by atoms with E-state index in [0.717, 1.165) is 11.3 Å². The molecule has 0 saturated carbocycles. The summed E-state index contributed by atoms with van der Waals surface area (Å²) in [6.45, 7) is 0. The summed E-state index contributed by atoms with van der Waals surface area (Å²) in [7, 11) is 0. The van der Waals surface area contributed by atoms with Crippen molar-refractivity contribution in [2.75, 3.05) is 5.32 Å². The number of anilines is 1. The van der Waals surface area contributed by atoms with Crippen molar-refractivity contribution >= 4 is 23.2 Å². The van der Waals surface area contributed by atoms with Gasteiger partial charge in [-0.3, -0.25) is 4.79 Å². The lowest BCUT2D eigenvalue weighted by atomic mass is 10.1. The molecule has 3 aromatic carbocycles. The van der Waals surface area contributed by atoms with Crippen molar-refractivity contribution in [1.82, 2.24) is 15.0 Å². The Morgan fingerprint density at radius 3 is 2.19 bits per heavy atom. The minimum absolute atomic E-state index is 0.227. The second-order valence-corrected chi connectivity index (χ2v) is 6.24. The number of benzene rings is 3. The highest BCUT2D eigenvalue weighted by Crippen LogP contribution is 2.27. The molecule has 1 N–H and O–H groups in total. The monoisotopic (exact) mass is 374 g/mol. The first-order chi connectivity index (χ1) is 13.2. The van der Waals surface area contributed by atoms with Crippen molar-refractivity contribution in [3.8, 4) is 16.9 Å². The Balaban J connectivity index is 1.80. The van der Waals surface area contributed by atoms with Gasteiger partial charge in [0.25, 0.3) is 5.91 Å². The second-order valence-electron chi connectivity index (χ2n) is 5.83. The predicted octanol–water partition coefficient (Wildman–Crippen LogP) is 4.84. The molecular formula is C21H15ClN4O. The number of hydrogen-bond donors (Lipinski definition) is 1. The van der Waals surface area contributed by atoms with Crippen LogP contribution in [0.2, 0.25) is 5.02 Å². The van der Waals surface area contributed by atoms with Crippen molar-refractivity contribution in [2.24, 2.45) is 0 Å². The molecule has 0 unspecified atom stereocenters. The van der Waals surface area contributed by atoms with E-state index in [2.05, 4.69) is 15.6 Å². The van der Waals surface area contributed by atoms with E-state index in [-0.39, 0.29) is 11.6 Å². The SMILES string of the molecule is O=C(Nc1ccccc1Cl)c1nnn(-c2ccccc2)c1-c1ccccc1. The molecule has 4 aromatic rings. The summed E-state index contributed by atoms with van der Waals surface area (Å²) in [4.78, 5) is 12.9. The molecule has 6 heteroatoms. The van der Waals surface area contributed by atoms with Crippen molar-refractivity contribution in [3.63, 3.8) is 0 Å². The van der Waals surface area contributed by atoms with Crippen LogP contribution in [0.25, 0.3) is 16.9 Å². The Morgan fingerprint density at radius 2 is 1.48 bits per heavy atom. The van der Waals surface area contributed by atoms with E-state index in [1.807, 2.05) is 60.7 Å². The second kappa shape index (κ2) is 7.43. The summed E-state index contributed by atoms with van der Waals surface area (Å²) < 4.78 is 1.66. The van der Waals surface area contributed by atoms with Crippen LogP contribution in [0.5, 0.6) is 0 Å². The number of nitrogens with zero attached hydrogens (tertiary/aromatic N) is 3. The van der Waals surface area contributed by atoms with Crippen LogP contribution < -0.4 is 5.32 Å². The maximum Gasteiger partial charge on any atom is 0.278 e. The molecule has 0 fully saturated rings. The van der Waals surface area contributed by atoms with Gasteiger partial charge in [-0.2, -0.15) is 0 Å². The summed E-state index contributed by atoms with van der Waals surface area (Å²) >= 11 is 6.16. The maximum absolute atomic E-state index is 12.9. The quantitative estimate of drug-likeness (QED) is 0.556. The molecule has 0 bridgehead atoms. The van der Waals surface area contributed by atoms with Gasteiger partial charge in [-0.15, -0.1) is 5.10 Å². The van der Waals surface area contributed by atoms with Gasteiger partial charge in [0, 0.05) is 5.56 Å². The van der Waals surface area contributed by atoms with Crippen LogP contribution in [0.4, 0.5) is 5.69 Å². The van der Waals surface area contributed by atoms with Crippen molar-refractivity contribution in [1.29, 1.82) is 0 Å². The average molecular weight is 375 g/mol. The molecule has 0 spiro atoms. The molecule has 0 atom stereocenters. The Bertz CT molecular complexity index is 1080. The molecule has 0 radical (unpaired) electrons. The first-order valence-electron chi connectivity index (χ1n) is 8.36. The van der Waals surface area contributed by atoms with Crippen molar-refractivity contribution in [2.45, 2.75) is 0 Å². The smallest absolute Gasteiger partial charge is 0.278 e. The summed E-state index contributed by atoms with van der Waals surface area (Å²) in [6.07, 6.45) is 0. The molecule has 1 amide bonds. The van der Waals surface area contributed by atoms with Gasteiger partial charge in [-0.1, -0.05) is 77.5 Å². The number of rotatable bonds is 4. The fourth-order valence-corrected chi connectivity index (χ4v) is 2.97. The lowest BCUT2D eigenvalue weighted by Gasteiger charge is -2.09. The summed E-state index contributed by atoms with van der Waals surface area (Å²) in [5.41, 5.74) is 3.03. The maximum atomic E-state index is 12.9. The minimum atomic E-state index is -0.371. The zero-order valence-electron chi connectivity index (χ0n) is 14.2. The molecule has 27 heavy (non-hydrogen) atoms. The molecular weight excluding hydrogens is 360 g/mol. The van der Waals surface area contributed by atoms with Gasteiger partial charge in [-0.05, 0) is 24.3 Å². The fraction of sp³-hybridized carbons (Fsp3) is 0. The number of hydrogen-bond acceptors (Lipinski definition) is 3. The van der Waals surface area contributed by atoms with E-state index >= 15 is 0 Å². The van der Waals surface area contributed by atoms with Crippen molar-refractivity contribution < 1.29 is 4.79 Å². The Kier molecular flexibility index (Phi) is 4.68. The number of halogens is 1. The van der Waals surface area contributed by atoms with Crippen LogP contribution in [-0.4, -0.2) is 20.9 Å². The van der Waals surface area contributed by atoms with Gasteiger partial charge in [0.2, 0.25) is 0 Å². The van der Waals surface area contributed by atoms with Crippen LogP contribution in [-0.2, 0) is 0 Å². The van der Waals surface area contributed by atoms with Crippen LogP contribution in [0.3, 0.4) is 0 Å². The van der Waals surface area contributed by atoms with E-state index in [0.29, 0.717) is 16.4 Å². The summed E-state index contributed by atoms with van der Waals surface area (Å²) in [6, 6.07) is 26.2. The largest absolute Gasteiger partial charge is 0.319 e. The van der Waals surface area contributed by atoms with E-state index < -0.39 is 0 Å². The Hall–Kier alpha value is -3.44. The molecule has 0 saturated heterocycles. The topological polar surface area (TPSA) is 59.8 Å². The van der Waals surface area contributed by atoms with Gasteiger partial charge < -0.3 is 5.32 Å². The van der Waals surface area contributed by atoms with Gasteiger partial charge in [0.1, 0.15) is 5.69 Å². The first kappa shape index (κ1) is 17.0. The third-order valence-corrected chi connectivity index (χ3v) is 4.38. The number of carbonyl (C=O) groups excluding carboxylic acids is 1. The summed E-state index contributed by atoms with van der Waals surface area (Å²) in [5.74, 6) is -0.371. The number of aromatic nitrogens is 3. The molecule has 1 aromatic heterocycles. The minimum Gasteiger partial charge on any atom is -0.319 e. The van der Waals surface area contributed by atoms with E-state index in [1.165, 1.54) is 0 Å². The Labute approximate surface area is 161 Å². The van der Waals surface area contributed by atoms with E-state index in [1.54, 1.807) is 28.9 Å². The van der Waals surface area contributed by atoms with Crippen LogP contribution in [0.1, 0.15) is 10.5 Å². The average Bonchev–Trinajstić information content (AvgIpc) is 3.16. The molecule has 0 aliphatic heterocycles. The van der Waals surface area contributed by atoms with Crippen LogP contribution in [0, 0.1) is 0 Å². The molecule has 132 valence electrons. The third kappa shape index (κ3) is 3.45. The fourth-order valence-electron chi connectivity index (χ4n) is 2.78. The zero-order chi connectivity index (χ0) is 18.6. The van der Waals surface area contributed by atoms with Crippen molar-refractivity contribution in [3.05, 3.63) is 95.6 Å². The standard InChI is InChI=1S/C21H15ClN4O/c22-17-13-7-8-14-18(17)23-21(27)19-20(15-9-3-1-4-10-15)26(25-24-19)16-11-5-2-6-12-16/h1-14H,(H,23,27). The van der Waals surface area contributed by atoms with Gasteiger partial charge >= 0.3 is 0 Å². The molecule has 5 nitrogen and oxygen atoms in total. The van der Waals surface area contributed by atoms with Crippen LogP contribution in [0.15, 0.2) is 84.9 Å². The summed E-state index contributed by atoms with van der Waals surface area (Å²) in [5, 5.41) is 11.6. The number of para-hydroxylation sites is 2. The third-order valence-electron chi connectivity index (χ3n) is 4.06. The highest BCUT2D eigenvalue weighted by atomic mass is 35.5. The zero-order valence-corrected chi connectivity index (χ0v) is 15.0. The molecule has 0 aliphatic rings. The first-order valence-corrected chi connectivity index (χ1v) is 8.74. The number of carbonyl (C=O) groups is 1. The van der Waals surface area contributed by atoms with Gasteiger partial charge in [0.15, 0.2) is 5.69 Å². The highest BCUT2D eigenvalue weighted by molar-refractivity contribution is 6.33. The predicted molar refractivity (Wildman–Crippen MR) is 106 cm³/mol. The van der Waals surface area contributed by atoms with E-state index in [9.17, 15) is 4.79 Å².